The van der Waals surface area contributed by atoms with Gasteiger partial charge in [-0.2, -0.15) is 0 Å². The Balaban J connectivity index is 2.15. The van der Waals surface area contributed by atoms with Crippen LogP contribution >= 0.6 is 11.6 Å². The van der Waals surface area contributed by atoms with Crippen LogP contribution in [0.5, 0.6) is 5.75 Å². The average Bonchev–Trinajstić information content (AvgIpc) is 2.48. The molecule has 0 radical (unpaired) electrons. The SMILES string of the molecule is CC(C)(CO)Oc1ccc(C(=O)c2ccc(Cl)cc2)cc1. The highest BCUT2D eigenvalue weighted by molar-refractivity contribution is 6.30. The highest BCUT2D eigenvalue weighted by atomic mass is 35.5. The fourth-order valence-electron chi connectivity index (χ4n) is 1.79. The molecular formula is C17H17ClO3. The maximum absolute atomic E-state index is 12.3. The van der Waals surface area contributed by atoms with E-state index in [1.165, 1.54) is 0 Å². The van der Waals surface area contributed by atoms with Gasteiger partial charge in [0, 0.05) is 16.1 Å². The van der Waals surface area contributed by atoms with E-state index in [9.17, 15) is 9.90 Å². The minimum atomic E-state index is -0.651. The van der Waals surface area contributed by atoms with Crippen LogP contribution in [0.1, 0.15) is 29.8 Å². The third-order valence-electron chi connectivity index (χ3n) is 3.00. The third-order valence-corrected chi connectivity index (χ3v) is 3.25. The van der Waals surface area contributed by atoms with Crippen LogP contribution in [0.15, 0.2) is 48.5 Å². The van der Waals surface area contributed by atoms with Crippen LogP contribution in [0.2, 0.25) is 5.02 Å². The number of benzene rings is 2. The van der Waals surface area contributed by atoms with Gasteiger partial charge >= 0.3 is 0 Å². The predicted molar refractivity (Wildman–Crippen MR) is 83.1 cm³/mol. The maximum Gasteiger partial charge on any atom is 0.193 e. The molecule has 0 spiro atoms. The Bertz CT molecular complexity index is 615. The van der Waals surface area contributed by atoms with Gasteiger partial charge in [0.1, 0.15) is 11.4 Å². The van der Waals surface area contributed by atoms with Gasteiger partial charge < -0.3 is 9.84 Å². The van der Waals surface area contributed by atoms with Crippen molar-refractivity contribution in [2.75, 3.05) is 6.61 Å². The van der Waals surface area contributed by atoms with Crippen LogP contribution in [0, 0.1) is 0 Å². The Labute approximate surface area is 129 Å². The number of ketones is 1. The van der Waals surface area contributed by atoms with E-state index < -0.39 is 5.60 Å². The van der Waals surface area contributed by atoms with Gasteiger partial charge in [0.25, 0.3) is 0 Å². The highest BCUT2D eigenvalue weighted by Crippen LogP contribution is 2.20. The molecule has 0 saturated heterocycles. The Morgan fingerprint density at radius 1 is 1.05 bits per heavy atom. The molecule has 0 bridgehead atoms. The highest BCUT2D eigenvalue weighted by Gasteiger charge is 2.18. The molecule has 3 nitrogen and oxygen atoms in total. The fourth-order valence-corrected chi connectivity index (χ4v) is 1.92. The zero-order chi connectivity index (χ0) is 15.5. The molecule has 0 aliphatic carbocycles. The summed E-state index contributed by atoms with van der Waals surface area (Å²) < 4.78 is 5.63. The number of hydrogen-bond donors (Lipinski definition) is 1. The molecule has 0 unspecified atom stereocenters. The van der Waals surface area contributed by atoms with E-state index in [1.54, 1.807) is 62.4 Å². The van der Waals surface area contributed by atoms with E-state index in [0.29, 0.717) is 21.9 Å². The van der Waals surface area contributed by atoms with E-state index >= 15 is 0 Å². The summed E-state index contributed by atoms with van der Waals surface area (Å²) in [6.45, 7) is 3.50. The van der Waals surface area contributed by atoms with Crippen molar-refractivity contribution in [1.29, 1.82) is 0 Å². The van der Waals surface area contributed by atoms with Crippen LogP contribution in [0.4, 0.5) is 0 Å². The summed E-state index contributed by atoms with van der Waals surface area (Å²) in [6, 6.07) is 13.6. The van der Waals surface area contributed by atoms with E-state index in [0.717, 1.165) is 0 Å². The largest absolute Gasteiger partial charge is 0.485 e. The Hall–Kier alpha value is -1.84. The molecular weight excluding hydrogens is 288 g/mol. The van der Waals surface area contributed by atoms with E-state index in [2.05, 4.69) is 0 Å². The van der Waals surface area contributed by atoms with Gasteiger partial charge in [-0.3, -0.25) is 4.79 Å². The summed E-state index contributed by atoms with van der Waals surface area (Å²) >= 11 is 5.81. The Kier molecular flexibility index (Phi) is 4.66. The first-order valence-electron chi connectivity index (χ1n) is 6.61. The van der Waals surface area contributed by atoms with Crippen LogP contribution < -0.4 is 4.74 Å². The smallest absolute Gasteiger partial charge is 0.193 e. The molecule has 2 aromatic carbocycles. The number of carbonyl (C=O) groups excluding carboxylic acids is 1. The van der Waals surface area contributed by atoms with Gasteiger partial charge in [-0.05, 0) is 62.4 Å². The molecule has 0 fully saturated rings. The van der Waals surface area contributed by atoms with Crippen molar-refractivity contribution in [2.24, 2.45) is 0 Å². The van der Waals surface area contributed by atoms with Gasteiger partial charge in [0.05, 0.1) is 6.61 Å². The first kappa shape index (κ1) is 15.5. The third kappa shape index (κ3) is 4.06. The fraction of sp³-hybridized carbons (Fsp3) is 0.235. The number of hydrogen-bond acceptors (Lipinski definition) is 3. The molecule has 21 heavy (non-hydrogen) atoms. The number of ether oxygens (including phenoxy) is 1. The molecule has 2 aromatic rings. The van der Waals surface area contributed by atoms with Crippen molar-refractivity contribution in [3.8, 4) is 5.75 Å². The molecule has 0 aromatic heterocycles. The van der Waals surface area contributed by atoms with Crippen molar-refractivity contribution in [1.82, 2.24) is 0 Å². The van der Waals surface area contributed by atoms with Gasteiger partial charge in [0.2, 0.25) is 0 Å². The maximum atomic E-state index is 12.3. The zero-order valence-corrected chi connectivity index (χ0v) is 12.7. The second kappa shape index (κ2) is 6.29. The van der Waals surface area contributed by atoms with Crippen molar-refractivity contribution in [3.05, 3.63) is 64.7 Å². The zero-order valence-electron chi connectivity index (χ0n) is 12.0. The number of carbonyl (C=O) groups is 1. The van der Waals surface area contributed by atoms with Crippen LogP contribution in [0.3, 0.4) is 0 Å². The lowest BCUT2D eigenvalue weighted by atomic mass is 10.0. The summed E-state index contributed by atoms with van der Waals surface area (Å²) in [6.07, 6.45) is 0. The summed E-state index contributed by atoms with van der Waals surface area (Å²) in [4.78, 5) is 12.3. The summed E-state index contributed by atoms with van der Waals surface area (Å²) in [5.74, 6) is 0.543. The van der Waals surface area contributed by atoms with Crippen molar-refractivity contribution < 1.29 is 14.6 Å². The molecule has 0 amide bonds. The minimum Gasteiger partial charge on any atom is -0.485 e. The van der Waals surface area contributed by atoms with Crippen LogP contribution in [-0.2, 0) is 0 Å². The summed E-state index contributed by atoms with van der Waals surface area (Å²) in [5, 5.41) is 9.78. The second-order valence-corrected chi connectivity index (χ2v) is 5.82. The van der Waals surface area contributed by atoms with Crippen LogP contribution in [-0.4, -0.2) is 23.1 Å². The van der Waals surface area contributed by atoms with Gasteiger partial charge in [-0.1, -0.05) is 11.6 Å². The van der Waals surface area contributed by atoms with E-state index in [-0.39, 0.29) is 12.4 Å². The monoisotopic (exact) mass is 304 g/mol. The molecule has 2 rings (SSSR count). The topological polar surface area (TPSA) is 46.5 Å². The number of aliphatic hydroxyl groups is 1. The first-order chi connectivity index (χ1) is 9.91. The van der Waals surface area contributed by atoms with Crippen molar-refractivity contribution >= 4 is 17.4 Å². The standard InChI is InChI=1S/C17H17ClO3/c1-17(2,11-19)21-15-9-5-13(6-10-15)16(20)12-3-7-14(18)8-4-12/h3-10,19H,11H2,1-2H3. The molecule has 0 aliphatic rings. The molecule has 0 heterocycles. The van der Waals surface area contributed by atoms with Gasteiger partial charge in [-0.15, -0.1) is 0 Å². The molecule has 0 saturated carbocycles. The van der Waals surface area contributed by atoms with Crippen molar-refractivity contribution in [2.45, 2.75) is 19.4 Å². The number of halogens is 1. The van der Waals surface area contributed by atoms with Crippen molar-refractivity contribution in [3.63, 3.8) is 0 Å². The quantitative estimate of drug-likeness (QED) is 0.856. The van der Waals surface area contributed by atoms with Gasteiger partial charge in [-0.25, -0.2) is 0 Å². The lowest BCUT2D eigenvalue weighted by Gasteiger charge is -2.23. The normalized spacial score (nSPS) is 11.2. The lowest BCUT2D eigenvalue weighted by Crippen LogP contribution is -2.32. The van der Waals surface area contributed by atoms with Gasteiger partial charge in [0.15, 0.2) is 5.78 Å². The number of rotatable bonds is 5. The molecule has 4 heteroatoms. The Morgan fingerprint density at radius 3 is 2.00 bits per heavy atom. The molecule has 0 aliphatic heterocycles. The summed E-state index contributed by atoms with van der Waals surface area (Å²) in [7, 11) is 0. The molecule has 110 valence electrons. The number of aliphatic hydroxyl groups excluding tert-OH is 1. The van der Waals surface area contributed by atoms with E-state index in [4.69, 9.17) is 16.3 Å². The minimum absolute atomic E-state index is 0.0698. The predicted octanol–water partition coefficient (Wildman–Crippen LogP) is 3.72. The Morgan fingerprint density at radius 2 is 1.52 bits per heavy atom. The average molecular weight is 305 g/mol. The first-order valence-corrected chi connectivity index (χ1v) is 6.99. The summed E-state index contributed by atoms with van der Waals surface area (Å²) in [5.41, 5.74) is 0.511. The lowest BCUT2D eigenvalue weighted by molar-refractivity contribution is 0.0412. The van der Waals surface area contributed by atoms with E-state index in [1.807, 2.05) is 0 Å². The second-order valence-electron chi connectivity index (χ2n) is 5.38. The molecule has 0 atom stereocenters. The van der Waals surface area contributed by atoms with Crippen LogP contribution in [0.25, 0.3) is 0 Å². The molecule has 1 N–H and O–H groups in total.